The second kappa shape index (κ2) is 5.96. The Bertz CT molecular complexity index is 380. The van der Waals surface area contributed by atoms with E-state index in [0.29, 0.717) is 16.4 Å². The van der Waals surface area contributed by atoms with Gasteiger partial charge in [-0.25, -0.2) is 4.39 Å². The molecule has 0 radical (unpaired) electrons. The smallest absolute Gasteiger partial charge is 0.137 e. The van der Waals surface area contributed by atoms with E-state index >= 15 is 0 Å². The summed E-state index contributed by atoms with van der Waals surface area (Å²) in [6, 6.07) is 5.91. The molecule has 17 heavy (non-hydrogen) atoms. The van der Waals surface area contributed by atoms with Crippen molar-refractivity contribution in [1.29, 1.82) is 0 Å². The Morgan fingerprint density at radius 2 is 2.12 bits per heavy atom. The molecule has 0 spiro atoms. The summed E-state index contributed by atoms with van der Waals surface area (Å²) in [5.74, 6) is 0.478. The van der Waals surface area contributed by atoms with Crippen LogP contribution >= 0.6 is 15.9 Å². The molecule has 0 bridgehead atoms. The molecule has 2 rings (SSSR count). The van der Waals surface area contributed by atoms with Gasteiger partial charge in [0.05, 0.1) is 4.47 Å². The Morgan fingerprint density at radius 3 is 2.88 bits per heavy atom. The fourth-order valence-corrected chi connectivity index (χ4v) is 3.25. The molecule has 0 saturated heterocycles. The summed E-state index contributed by atoms with van der Waals surface area (Å²) in [7, 11) is 2.03. The number of halogens is 2. The molecule has 0 amide bonds. The third kappa shape index (κ3) is 3.08. The first-order valence-electron chi connectivity index (χ1n) is 6.32. The second-order valence-corrected chi connectivity index (χ2v) is 5.65. The largest absolute Gasteiger partial charge is 0.317 e. The van der Waals surface area contributed by atoms with Gasteiger partial charge in [0.2, 0.25) is 0 Å². The first-order chi connectivity index (χ1) is 8.22. The van der Waals surface area contributed by atoms with Crippen molar-refractivity contribution in [3.63, 3.8) is 0 Å². The number of rotatable bonds is 3. The molecule has 2 unspecified atom stereocenters. The normalized spacial score (nSPS) is 24.9. The highest BCUT2D eigenvalue weighted by molar-refractivity contribution is 9.10. The van der Waals surface area contributed by atoms with E-state index in [2.05, 4.69) is 21.2 Å². The van der Waals surface area contributed by atoms with E-state index in [1.54, 1.807) is 6.07 Å². The minimum Gasteiger partial charge on any atom is -0.317 e. The van der Waals surface area contributed by atoms with Gasteiger partial charge in [0.25, 0.3) is 0 Å². The van der Waals surface area contributed by atoms with Crippen LogP contribution in [0.1, 0.15) is 31.2 Å². The van der Waals surface area contributed by atoms with Crippen LogP contribution in [-0.4, -0.2) is 13.1 Å². The predicted octanol–water partition coefficient (Wildman–Crippen LogP) is 3.91. The summed E-state index contributed by atoms with van der Waals surface area (Å²) < 4.78 is 14.1. The van der Waals surface area contributed by atoms with Gasteiger partial charge in [-0.15, -0.1) is 0 Å². The fraction of sp³-hybridized carbons (Fsp3) is 0.571. The maximum absolute atomic E-state index is 13.4. The molecule has 0 aliphatic heterocycles. The zero-order valence-electron chi connectivity index (χ0n) is 10.2. The number of benzene rings is 1. The topological polar surface area (TPSA) is 12.0 Å². The standard InChI is InChI=1S/C14H19BrFN/c1-17-13-8-3-2-5-10(13)9-11-6-4-7-12(16)14(11)15/h4,6-7,10,13,17H,2-3,5,8-9H2,1H3. The van der Waals surface area contributed by atoms with Crippen molar-refractivity contribution in [1.82, 2.24) is 5.32 Å². The minimum atomic E-state index is -0.153. The van der Waals surface area contributed by atoms with Crippen LogP contribution in [0.2, 0.25) is 0 Å². The van der Waals surface area contributed by atoms with Crippen molar-refractivity contribution >= 4 is 15.9 Å². The molecule has 2 atom stereocenters. The van der Waals surface area contributed by atoms with E-state index in [1.807, 2.05) is 13.1 Å². The lowest BCUT2D eigenvalue weighted by Gasteiger charge is -2.31. The van der Waals surface area contributed by atoms with Crippen LogP contribution in [0.4, 0.5) is 4.39 Å². The number of nitrogens with one attached hydrogen (secondary N) is 1. The molecule has 1 aromatic carbocycles. The molecular formula is C14H19BrFN. The van der Waals surface area contributed by atoms with Crippen molar-refractivity contribution < 1.29 is 4.39 Å². The van der Waals surface area contributed by atoms with Crippen molar-refractivity contribution in [2.45, 2.75) is 38.1 Å². The molecule has 1 aromatic rings. The zero-order chi connectivity index (χ0) is 12.3. The SMILES string of the molecule is CNC1CCCCC1Cc1cccc(F)c1Br. The summed E-state index contributed by atoms with van der Waals surface area (Å²) >= 11 is 3.35. The van der Waals surface area contributed by atoms with E-state index in [9.17, 15) is 4.39 Å². The average molecular weight is 300 g/mol. The molecule has 1 fully saturated rings. The molecule has 1 N–H and O–H groups in total. The summed E-state index contributed by atoms with van der Waals surface area (Å²) in [5, 5.41) is 3.40. The lowest BCUT2D eigenvalue weighted by molar-refractivity contribution is 0.272. The molecule has 0 heterocycles. The summed E-state index contributed by atoms with van der Waals surface area (Å²) in [4.78, 5) is 0. The molecule has 94 valence electrons. The van der Waals surface area contributed by atoms with Crippen molar-refractivity contribution in [2.24, 2.45) is 5.92 Å². The molecule has 3 heteroatoms. The van der Waals surface area contributed by atoms with Gasteiger partial charge in [-0.05, 0) is 59.8 Å². The Balaban J connectivity index is 2.11. The van der Waals surface area contributed by atoms with Gasteiger partial charge in [0.15, 0.2) is 0 Å². The Kier molecular flexibility index (Phi) is 4.57. The highest BCUT2D eigenvalue weighted by atomic mass is 79.9. The molecule has 1 aliphatic carbocycles. The van der Waals surface area contributed by atoms with Crippen molar-refractivity contribution in [3.8, 4) is 0 Å². The van der Waals surface area contributed by atoms with E-state index in [-0.39, 0.29) is 5.82 Å². The van der Waals surface area contributed by atoms with Gasteiger partial charge in [-0.1, -0.05) is 25.0 Å². The van der Waals surface area contributed by atoms with Crippen LogP contribution in [0, 0.1) is 11.7 Å². The Morgan fingerprint density at radius 1 is 1.35 bits per heavy atom. The lowest BCUT2D eigenvalue weighted by Crippen LogP contribution is -2.37. The van der Waals surface area contributed by atoms with Crippen LogP contribution in [0.3, 0.4) is 0 Å². The highest BCUT2D eigenvalue weighted by Gasteiger charge is 2.24. The van der Waals surface area contributed by atoms with Crippen molar-refractivity contribution in [3.05, 3.63) is 34.1 Å². The van der Waals surface area contributed by atoms with E-state index in [0.717, 1.165) is 12.0 Å². The number of hydrogen-bond donors (Lipinski definition) is 1. The maximum Gasteiger partial charge on any atom is 0.137 e. The second-order valence-electron chi connectivity index (χ2n) is 4.86. The van der Waals surface area contributed by atoms with Gasteiger partial charge in [-0.2, -0.15) is 0 Å². The van der Waals surface area contributed by atoms with Crippen LogP contribution in [0.5, 0.6) is 0 Å². The summed E-state index contributed by atoms with van der Waals surface area (Å²) in [6.07, 6.45) is 6.06. The van der Waals surface area contributed by atoms with E-state index < -0.39 is 0 Å². The third-order valence-corrected chi connectivity index (χ3v) is 4.68. The van der Waals surface area contributed by atoms with Gasteiger partial charge in [0, 0.05) is 6.04 Å². The van der Waals surface area contributed by atoms with Gasteiger partial charge in [-0.3, -0.25) is 0 Å². The maximum atomic E-state index is 13.4. The first-order valence-corrected chi connectivity index (χ1v) is 7.12. The van der Waals surface area contributed by atoms with E-state index in [1.165, 1.54) is 31.7 Å². The van der Waals surface area contributed by atoms with Crippen molar-refractivity contribution in [2.75, 3.05) is 7.05 Å². The lowest BCUT2D eigenvalue weighted by atomic mass is 9.81. The fourth-order valence-electron chi connectivity index (χ4n) is 2.82. The summed E-state index contributed by atoms with van der Waals surface area (Å²) in [6.45, 7) is 0. The molecule has 1 saturated carbocycles. The van der Waals surface area contributed by atoms with Crippen LogP contribution in [-0.2, 0) is 6.42 Å². The van der Waals surface area contributed by atoms with Gasteiger partial charge in [0.1, 0.15) is 5.82 Å². The average Bonchev–Trinajstić information content (AvgIpc) is 2.35. The first kappa shape index (κ1) is 13.0. The zero-order valence-corrected chi connectivity index (χ0v) is 11.8. The third-order valence-electron chi connectivity index (χ3n) is 3.79. The quantitative estimate of drug-likeness (QED) is 0.892. The van der Waals surface area contributed by atoms with E-state index in [4.69, 9.17) is 0 Å². The van der Waals surface area contributed by atoms with Crippen LogP contribution in [0.25, 0.3) is 0 Å². The molecular weight excluding hydrogens is 281 g/mol. The highest BCUT2D eigenvalue weighted by Crippen LogP contribution is 2.30. The molecule has 1 nitrogen and oxygen atoms in total. The molecule has 1 aliphatic rings. The van der Waals surface area contributed by atoms with Crippen LogP contribution in [0.15, 0.2) is 22.7 Å². The molecule has 0 aromatic heterocycles. The predicted molar refractivity (Wildman–Crippen MR) is 72.6 cm³/mol. The minimum absolute atomic E-state index is 0.153. The Hall–Kier alpha value is -0.410. The van der Waals surface area contributed by atoms with Gasteiger partial charge < -0.3 is 5.32 Å². The Labute approximate surface area is 111 Å². The van der Waals surface area contributed by atoms with Crippen LogP contribution < -0.4 is 5.32 Å². The summed E-state index contributed by atoms with van der Waals surface area (Å²) in [5.41, 5.74) is 1.09. The number of hydrogen-bond acceptors (Lipinski definition) is 1. The van der Waals surface area contributed by atoms with Gasteiger partial charge >= 0.3 is 0 Å². The monoisotopic (exact) mass is 299 g/mol.